The van der Waals surface area contributed by atoms with Gasteiger partial charge in [0.1, 0.15) is 17.3 Å². The van der Waals surface area contributed by atoms with Crippen LogP contribution in [-0.4, -0.2) is 32.1 Å². The summed E-state index contributed by atoms with van der Waals surface area (Å²) in [6.07, 6.45) is 3.57. The van der Waals surface area contributed by atoms with Crippen LogP contribution < -0.4 is 5.32 Å². The number of aliphatic hydroxyl groups is 1. The summed E-state index contributed by atoms with van der Waals surface area (Å²) in [5.74, 6) is 0.530. The van der Waals surface area contributed by atoms with E-state index in [1.54, 1.807) is 0 Å². The lowest BCUT2D eigenvalue weighted by atomic mass is 9.77. The Morgan fingerprint density at radius 1 is 1.15 bits per heavy atom. The molecule has 138 valence electrons. The SMILES string of the molecule is Cc1c(N[C@H]2C[C@@](C)(O)C2)nnc(-c2cc(F)c3c(c2O)CCC3)c1C. The van der Waals surface area contributed by atoms with Crippen molar-refractivity contribution in [3.05, 3.63) is 34.1 Å². The molecule has 0 unspecified atom stereocenters. The minimum Gasteiger partial charge on any atom is -0.507 e. The second kappa shape index (κ2) is 5.91. The minimum atomic E-state index is -0.609. The number of halogens is 1. The van der Waals surface area contributed by atoms with Crippen molar-refractivity contribution in [2.45, 2.75) is 64.5 Å². The van der Waals surface area contributed by atoms with Crippen molar-refractivity contribution in [1.29, 1.82) is 0 Å². The van der Waals surface area contributed by atoms with E-state index in [1.807, 2.05) is 20.8 Å². The van der Waals surface area contributed by atoms with Gasteiger partial charge in [-0.15, -0.1) is 10.2 Å². The summed E-state index contributed by atoms with van der Waals surface area (Å²) in [5, 5.41) is 32.4. The Morgan fingerprint density at radius 2 is 1.85 bits per heavy atom. The number of phenols is 1. The van der Waals surface area contributed by atoms with Crippen molar-refractivity contribution in [3.63, 3.8) is 0 Å². The largest absolute Gasteiger partial charge is 0.507 e. The molecular weight excluding hydrogens is 333 g/mol. The van der Waals surface area contributed by atoms with Gasteiger partial charge in [-0.05, 0) is 75.6 Å². The molecule has 1 saturated carbocycles. The minimum absolute atomic E-state index is 0.131. The van der Waals surface area contributed by atoms with Crippen LogP contribution in [0.3, 0.4) is 0 Å². The maximum absolute atomic E-state index is 14.4. The van der Waals surface area contributed by atoms with Gasteiger partial charge < -0.3 is 15.5 Å². The van der Waals surface area contributed by atoms with Gasteiger partial charge in [0, 0.05) is 17.2 Å². The molecule has 0 amide bonds. The predicted molar refractivity (Wildman–Crippen MR) is 97.9 cm³/mol. The van der Waals surface area contributed by atoms with Crippen LogP contribution in [0.4, 0.5) is 10.2 Å². The van der Waals surface area contributed by atoms with Gasteiger partial charge in [0.25, 0.3) is 0 Å². The molecule has 4 rings (SSSR count). The fraction of sp³-hybridized carbons (Fsp3) is 0.500. The molecule has 1 fully saturated rings. The Kier molecular flexibility index (Phi) is 3.91. The quantitative estimate of drug-likeness (QED) is 0.784. The van der Waals surface area contributed by atoms with Crippen LogP contribution in [0.5, 0.6) is 5.75 Å². The van der Waals surface area contributed by atoms with Crippen molar-refractivity contribution in [2.75, 3.05) is 5.32 Å². The van der Waals surface area contributed by atoms with Crippen molar-refractivity contribution >= 4 is 5.82 Å². The molecule has 0 aliphatic heterocycles. The molecule has 0 saturated heterocycles. The third-order valence-electron chi connectivity index (χ3n) is 5.81. The lowest BCUT2D eigenvalue weighted by Gasteiger charge is -2.41. The topological polar surface area (TPSA) is 78.3 Å². The smallest absolute Gasteiger partial charge is 0.152 e. The van der Waals surface area contributed by atoms with Crippen LogP contribution in [0.15, 0.2) is 6.07 Å². The average molecular weight is 357 g/mol. The van der Waals surface area contributed by atoms with Crippen molar-refractivity contribution in [2.24, 2.45) is 0 Å². The van der Waals surface area contributed by atoms with Crippen LogP contribution in [0.25, 0.3) is 11.3 Å². The zero-order valence-electron chi connectivity index (χ0n) is 15.4. The number of fused-ring (bicyclic) bond motifs is 1. The van der Waals surface area contributed by atoms with Gasteiger partial charge in [-0.3, -0.25) is 0 Å². The van der Waals surface area contributed by atoms with Gasteiger partial charge >= 0.3 is 0 Å². The number of rotatable bonds is 3. The van der Waals surface area contributed by atoms with Crippen molar-refractivity contribution in [3.8, 4) is 17.0 Å². The molecule has 6 heteroatoms. The highest BCUT2D eigenvalue weighted by molar-refractivity contribution is 5.74. The van der Waals surface area contributed by atoms with Gasteiger partial charge in [0.2, 0.25) is 0 Å². The molecule has 0 atom stereocenters. The first-order valence-corrected chi connectivity index (χ1v) is 9.13. The highest BCUT2D eigenvalue weighted by Gasteiger charge is 2.38. The molecule has 2 aliphatic carbocycles. The van der Waals surface area contributed by atoms with Crippen LogP contribution in [0.2, 0.25) is 0 Å². The van der Waals surface area contributed by atoms with Gasteiger partial charge in [0.15, 0.2) is 5.82 Å². The number of benzene rings is 1. The number of hydrogen-bond acceptors (Lipinski definition) is 5. The molecule has 2 aromatic rings. The van der Waals surface area contributed by atoms with Gasteiger partial charge in [-0.2, -0.15) is 0 Å². The molecule has 5 nitrogen and oxygen atoms in total. The van der Waals surface area contributed by atoms with E-state index in [0.717, 1.165) is 17.5 Å². The van der Waals surface area contributed by atoms with Crippen LogP contribution >= 0.6 is 0 Å². The van der Waals surface area contributed by atoms with E-state index in [-0.39, 0.29) is 17.6 Å². The second-order valence-corrected chi connectivity index (χ2v) is 7.96. The first-order valence-electron chi connectivity index (χ1n) is 9.13. The van der Waals surface area contributed by atoms with Gasteiger partial charge in [0.05, 0.1) is 5.60 Å². The molecule has 1 heterocycles. The Morgan fingerprint density at radius 3 is 2.54 bits per heavy atom. The normalized spacial score (nSPS) is 24.3. The highest BCUT2D eigenvalue weighted by atomic mass is 19.1. The number of aromatic hydroxyl groups is 1. The number of phenolic OH excluding ortho intramolecular Hbond substituents is 1. The van der Waals surface area contributed by atoms with Crippen molar-refractivity contribution in [1.82, 2.24) is 10.2 Å². The summed E-state index contributed by atoms with van der Waals surface area (Å²) < 4.78 is 14.4. The zero-order valence-corrected chi connectivity index (χ0v) is 15.4. The average Bonchev–Trinajstić information content (AvgIpc) is 3.05. The number of aromatic nitrogens is 2. The van der Waals surface area contributed by atoms with E-state index < -0.39 is 5.60 Å². The fourth-order valence-electron chi connectivity index (χ4n) is 4.19. The molecule has 3 N–H and O–H groups in total. The standard InChI is InChI=1S/C20H24FN3O2/c1-10-11(2)19(22-12-8-20(3,26)9-12)24-23-17(10)15-7-16(21)13-5-4-6-14(13)18(15)25/h7,12,25-26H,4-6,8-9H2,1-3H3,(H,22,24)/t12-,20+. The lowest BCUT2D eigenvalue weighted by Crippen LogP contribution is -2.48. The summed E-state index contributed by atoms with van der Waals surface area (Å²) >= 11 is 0. The molecule has 0 radical (unpaired) electrons. The highest BCUT2D eigenvalue weighted by Crippen LogP contribution is 2.41. The van der Waals surface area contributed by atoms with Gasteiger partial charge in [-0.25, -0.2) is 4.39 Å². The van der Waals surface area contributed by atoms with Crippen LogP contribution in [0.1, 0.15) is 48.4 Å². The summed E-state index contributed by atoms with van der Waals surface area (Å²) in [4.78, 5) is 0. The summed E-state index contributed by atoms with van der Waals surface area (Å²) in [7, 11) is 0. The maximum atomic E-state index is 14.4. The van der Waals surface area contributed by atoms with E-state index in [2.05, 4.69) is 15.5 Å². The number of anilines is 1. The maximum Gasteiger partial charge on any atom is 0.152 e. The van der Waals surface area contributed by atoms with E-state index >= 15 is 0 Å². The summed E-state index contributed by atoms with van der Waals surface area (Å²) in [6.45, 7) is 5.67. The predicted octanol–water partition coefficient (Wildman–Crippen LogP) is 3.42. The zero-order chi connectivity index (χ0) is 18.6. The molecule has 1 aromatic carbocycles. The number of nitrogens with zero attached hydrogens (tertiary/aromatic N) is 2. The molecule has 1 aromatic heterocycles. The Hall–Kier alpha value is -2.21. The summed E-state index contributed by atoms with van der Waals surface area (Å²) in [6, 6.07) is 1.56. The number of hydrogen-bond donors (Lipinski definition) is 3. The van der Waals surface area contributed by atoms with E-state index in [1.165, 1.54) is 6.07 Å². The van der Waals surface area contributed by atoms with Crippen LogP contribution in [0, 0.1) is 19.7 Å². The van der Waals surface area contributed by atoms with E-state index in [9.17, 15) is 14.6 Å². The molecule has 0 spiro atoms. The summed E-state index contributed by atoms with van der Waals surface area (Å²) in [5.41, 5.74) is 3.43. The molecule has 2 aliphatic rings. The Labute approximate surface area is 152 Å². The monoisotopic (exact) mass is 357 g/mol. The third-order valence-corrected chi connectivity index (χ3v) is 5.81. The van der Waals surface area contributed by atoms with E-state index in [4.69, 9.17) is 0 Å². The molecule has 26 heavy (non-hydrogen) atoms. The number of nitrogens with one attached hydrogen (secondary N) is 1. The van der Waals surface area contributed by atoms with Crippen molar-refractivity contribution < 1.29 is 14.6 Å². The Balaban J connectivity index is 1.69. The van der Waals surface area contributed by atoms with E-state index in [0.29, 0.717) is 53.9 Å². The first kappa shape index (κ1) is 17.2. The van der Waals surface area contributed by atoms with Gasteiger partial charge in [-0.1, -0.05) is 0 Å². The lowest BCUT2D eigenvalue weighted by molar-refractivity contribution is -0.0235. The second-order valence-electron chi connectivity index (χ2n) is 7.96. The Bertz CT molecular complexity index is 887. The third kappa shape index (κ3) is 2.72. The van der Waals surface area contributed by atoms with Crippen LogP contribution in [-0.2, 0) is 12.8 Å². The molecular formula is C20H24FN3O2. The fourth-order valence-corrected chi connectivity index (χ4v) is 4.19. The molecule has 0 bridgehead atoms. The first-order chi connectivity index (χ1) is 12.3.